The van der Waals surface area contributed by atoms with Crippen molar-refractivity contribution in [2.75, 3.05) is 14.2 Å². The van der Waals surface area contributed by atoms with Crippen molar-refractivity contribution < 1.29 is 22.4 Å². The van der Waals surface area contributed by atoms with E-state index in [9.17, 15) is 22.6 Å². The summed E-state index contributed by atoms with van der Waals surface area (Å²) >= 11 is -1.32. The minimum Gasteiger partial charge on any atom is -0.606 e. The average molecular weight is 617 g/mol. The molecule has 0 amide bonds. The fraction of sp³-hybridized carbons (Fsp3) is 0.0667. The highest BCUT2D eigenvalue weighted by Gasteiger charge is 2.19. The maximum absolute atomic E-state index is 12.6. The van der Waals surface area contributed by atoms with E-state index in [0.717, 1.165) is 0 Å². The predicted octanol–water partition coefficient (Wildman–Crippen LogP) is 3.86. The zero-order valence-electron chi connectivity index (χ0n) is 22.8. The lowest BCUT2D eigenvalue weighted by Gasteiger charge is -2.10. The van der Waals surface area contributed by atoms with E-state index in [1.54, 1.807) is 67.9 Å². The number of nitrogens with one attached hydrogen (secondary N) is 2. The number of rotatable bonds is 6. The maximum atomic E-state index is 12.6. The zero-order chi connectivity index (χ0) is 30.6. The largest absolute Gasteiger partial charge is 0.606 e. The van der Waals surface area contributed by atoms with Crippen LogP contribution in [-0.2, 0) is 21.0 Å². The molecule has 11 nitrogen and oxygen atoms in total. The fourth-order valence-corrected chi connectivity index (χ4v) is 6.54. The molecule has 2 heterocycles. The number of nitrogens with zero attached hydrogens (tertiary/aromatic N) is 2. The fourth-order valence-electron chi connectivity index (χ4n) is 4.16. The number of H-pyrrole nitrogens is 2. The quantitative estimate of drug-likeness (QED) is 0.264. The Kier molecular flexibility index (Phi) is 8.57. The molecule has 0 aliphatic rings. The van der Waals surface area contributed by atoms with Crippen LogP contribution in [-0.4, -0.2) is 47.6 Å². The van der Waals surface area contributed by atoms with Crippen molar-refractivity contribution in [3.05, 3.63) is 118 Å². The summed E-state index contributed by atoms with van der Waals surface area (Å²) in [5, 5.41) is 14.2. The number of aromatic amines is 2. The number of fused-ring (bicyclic) bond motifs is 2. The molecule has 0 saturated heterocycles. The van der Waals surface area contributed by atoms with Crippen molar-refractivity contribution in [1.29, 1.82) is 0 Å². The topological polar surface area (TPSA) is 167 Å². The van der Waals surface area contributed by atoms with Crippen molar-refractivity contribution in [2.45, 2.75) is 19.6 Å². The van der Waals surface area contributed by atoms with Gasteiger partial charge in [0.15, 0.2) is 9.79 Å². The molecule has 6 aromatic rings. The first kappa shape index (κ1) is 29.5. The Hall–Kier alpha value is -4.98. The van der Waals surface area contributed by atoms with Crippen LogP contribution < -0.4 is 20.6 Å². The van der Waals surface area contributed by atoms with Gasteiger partial charge in [-0.15, -0.1) is 0 Å². The standard InChI is InChI=1S/C15H12N2O4S.C15H12N2O3S/c1-21-11-2-4-12(5-3-11)22(19,20)13-6-7-14-10(8-13)9-16-17-15(14)18;1-20-11-2-4-12(5-3-11)21(19)13-6-7-14-10(8-13)9-16-17-15(14)18/h2-9H,1H3,(H,17,18);2-9H,1H3,(H,17,18). The minimum absolute atomic E-state index is 0.109. The summed E-state index contributed by atoms with van der Waals surface area (Å²) in [6.45, 7) is 0. The van der Waals surface area contributed by atoms with Crippen LogP contribution >= 0.6 is 0 Å². The van der Waals surface area contributed by atoms with Gasteiger partial charge in [-0.2, -0.15) is 10.2 Å². The monoisotopic (exact) mass is 616 g/mol. The van der Waals surface area contributed by atoms with E-state index in [4.69, 9.17) is 9.47 Å². The first-order valence-electron chi connectivity index (χ1n) is 12.6. The van der Waals surface area contributed by atoms with Crippen LogP contribution in [0.5, 0.6) is 11.5 Å². The van der Waals surface area contributed by atoms with E-state index in [0.29, 0.717) is 42.8 Å². The van der Waals surface area contributed by atoms with Crippen molar-refractivity contribution in [3.8, 4) is 11.5 Å². The Morgan fingerprint density at radius 2 is 1.12 bits per heavy atom. The second-order valence-electron chi connectivity index (χ2n) is 9.02. The van der Waals surface area contributed by atoms with Crippen LogP contribution in [0.4, 0.5) is 0 Å². The van der Waals surface area contributed by atoms with Gasteiger partial charge in [0, 0.05) is 28.0 Å². The molecule has 2 aromatic heterocycles. The summed E-state index contributed by atoms with van der Waals surface area (Å²) in [5.74, 6) is 1.29. The van der Waals surface area contributed by atoms with Gasteiger partial charge < -0.3 is 14.0 Å². The molecule has 0 aliphatic carbocycles. The zero-order valence-corrected chi connectivity index (χ0v) is 24.4. The van der Waals surface area contributed by atoms with E-state index in [2.05, 4.69) is 20.4 Å². The molecule has 6 rings (SSSR count). The summed E-state index contributed by atoms with van der Waals surface area (Å²) in [7, 11) is -0.569. The van der Waals surface area contributed by atoms with Gasteiger partial charge >= 0.3 is 0 Å². The number of sulfone groups is 1. The second-order valence-corrected chi connectivity index (χ2v) is 12.4. The van der Waals surface area contributed by atoms with Crippen molar-refractivity contribution >= 4 is 42.6 Å². The third-order valence-electron chi connectivity index (χ3n) is 6.44. The van der Waals surface area contributed by atoms with Gasteiger partial charge in [-0.25, -0.2) is 18.6 Å². The molecule has 1 atom stereocenters. The Labute approximate surface area is 248 Å². The van der Waals surface area contributed by atoms with Gasteiger partial charge in [0.25, 0.3) is 11.1 Å². The lowest BCUT2D eigenvalue weighted by molar-refractivity contribution is 0.414. The van der Waals surface area contributed by atoms with E-state index in [1.807, 2.05) is 0 Å². The SMILES string of the molecule is COc1ccc(S(=O)(=O)c2ccc3c(=O)[nH]ncc3c2)cc1.COc1ccc([S+]([O-])c2ccc3c(=O)[nH]ncc3c2)cc1. The predicted molar refractivity (Wildman–Crippen MR) is 161 cm³/mol. The Bertz CT molecular complexity index is 2130. The number of hydrogen-bond acceptors (Lipinski definition) is 9. The lowest BCUT2D eigenvalue weighted by atomic mass is 10.2. The molecule has 218 valence electrons. The molecule has 43 heavy (non-hydrogen) atoms. The summed E-state index contributed by atoms with van der Waals surface area (Å²) in [6.07, 6.45) is 2.97. The molecule has 0 bridgehead atoms. The van der Waals surface area contributed by atoms with Crippen LogP contribution in [0.3, 0.4) is 0 Å². The molecule has 0 radical (unpaired) electrons. The molecule has 2 N–H and O–H groups in total. The molecule has 0 saturated carbocycles. The minimum atomic E-state index is -3.66. The highest BCUT2D eigenvalue weighted by atomic mass is 32.2. The van der Waals surface area contributed by atoms with Crippen LogP contribution in [0, 0.1) is 0 Å². The van der Waals surface area contributed by atoms with Gasteiger partial charge in [-0.3, -0.25) is 9.59 Å². The number of methoxy groups -OCH3 is 2. The van der Waals surface area contributed by atoms with E-state index in [1.165, 1.54) is 43.6 Å². The van der Waals surface area contributed by atoms with E-state index < -0.39 is 21.0 Å². The van der Waals surface area contributed by atoms with Crippen molar-refractivity contribution in [3.63, 3.8) is 0 Å². The molecule has 13 heteroatoms. The Morgan fingerprint density at radius 1 is 0.651 bits per heavy atom. The number of benzene rings is 4. The molecule has 4 aromatic carbocycles. The third-order valence-corrected chi connectivity index (χ3v) is 9.59. The van der Waals surface area contributed by atoms with Gasteiger partial charge in [0.2, 0.25) is 9.84 Å². The molecule has 0 aliphatic heterocycles. The summed E-state index contributed by atoms with van der Waals surface area (Å²) in [4.78, 5) is 24.8. The van der Waals surface area contributed by atoms with Gasteiger partial charge in [0.05, 0.1) is 47.2 Å². The molecular formula is C30H24N4O7S2. The Balaban J connectivity index is 0.000000171. The number of aromatic nitrogens is 4. The number of ether oxygens (including phenoxy) is 2. The molecule has 0 fully saturated rings. The molecule has 1 unspecified atom stereocenters. The second kappa shape index (κ2) is 12.5. The number of hydrogen-bond donors (Lipinski definition) is 2. The summed E-state index contributed by atoms with van der Waals surface area (Å²) in [5.41, 5.74) is -0.611. The average Bonchev–Trinajstić information content (AvgIpc) is 3.04. The van der Waals surface area contributed by atoms with Gasteiger partial charge in [0.1, 0.15) is 11.5 Å². The van der Waals surface area contributed by atoms with E-state index >= 15 is 0 Å². The van der Waals surface area contributed by atoms with Crippen LogP contribution in [0.2, 0.25) is 0 Å². The summed E-state index contributed by atoms with van der Waals surface area (Å²) < 4.78 is 47.9. The van der Waals surface area contributed by atoms with Gasteiger partial charge in [-0.05, 0) is 78.9 Å². The van der Waals surface area contributed by atoms with Crippen LogP contribution in [0.1, 0.15) is 0 Å². The smallest absolute Gasteiger partial charge is 0.272 e. The third kappa shape index (κ3) is 6.28. The lowest BCUT2D eigenvalue weighted by Crippen LogP contribution is -2.08. The van der Waals surface area contributed by atoms with Crippen molar-refractivity contribution in [2.24, 2.45) is 0 Å². The van der Waals surface area contributed by atoms with Crippen LogP contribution in [0.25, 0.3) is 21.5 Å². The summed E-state index contributed by atoms with van der Waals surface area (Å²) in [6, 6.07) is 22.6. The maximum Gasteiger partial charge on any atom is 0.272 e. The Morgan fingerprint density at radius 3 is 1.67 bits per heavy atom. The van der Waals surface area contributed by atoms with Crippen LogP contribution in [0.15, 0.2) is 126 Å². The molecular weight excluding hydrogens is 592 g/mol. The molecule has 0 spiro atoms. The van der Waals surface area contributed by atoms with Gasteiger partial charge in [-0.1, -0.05) is 0 Å². The van der Waals surface area contributed by atoms with E-state index in [-0.39, 0.29) is 20.9 Å². The van der Waals surface area contributed by atoms with Crippen molar-refractivity contribution in [1.82, 2.24) is 20.4 Å². The first-order valence-corrected chi connectivity index (χ1v) is 15.2. The highest BCUT2D eigenvalue weighted by Crippen LogP contribution is 2.26. The first-order chi connectivity index (χ1) is 20.7. The highest BCUT2D eigenvalue weighted by molar-refractivity contribution is 7.91. The normalized spacial score (nSPS) is 11.9.